The smallest absolute Gasteiger partial charge is 0.238 e. The molecule has 15 heavy (non-hydrogen) atoms. The average Bonchev–Trinajstić information content (AvgIpc) is 2.22. The van der Waals surface area contributed by atoms with Gasteiger partial charge in [0.2, 0.25) is 5.91 Å². The van der Waals surface area contributed by atoms with Crippen molar-refractivity contribution in [2.24, 2.45) is 0 Å². The Bertz CT molecular complexity index is 368. The van der Waals surface area contributed by atoms with Gasteiger partial charge in [-0.1, -0.05) is 28.9 Å². The van der Waals surface area contributed by atoms with Crippen molar-refractivity contribution in [3.8, 4) is 0 Å². The first-order chi connectivity index (χ1) is 7.04. The van der Waals surface area contributed by atoms with Crippen molar-refractivity contribution in [2.45, 2.75) is 25.1 Å². The minimum atomic E-state index is -0.114. The first-order valence-corrected chi connectivity index (χ1v) is 6.75. The molecule has 0 radical (unpaired) electrons. The minimum Gasteiger partial charge on any atom is -0.325 e. The van der Waals surface area contributed by atoms with Crippen LogP contribution in [0.5, 0.6) is 0 Å². The molecule has 1 unspecified atom stereocenters. The maximum atomic E-state index is 11.6. The Labute approximate surface area is 112 Å². The second-order valence-electron chi connectivity index (χ2n) is 3.33. The van der Waals surface area contributed by atoms with E-state index in [0.29, 0.717) is 0 Å². The number of aryl methyl sites for hydroxylation is 1. The third-order valence-corrected chi connectivity index (χ3v) is 4.31. The third kappa shape index (κ3) is 3.75. The average molecular weight is 382 g/mol. The Kier molecular flexibility index (Phi) is 5.05. The minimum absolute atomic E-state index is 0.0113. The monoisotopic (exact) mass is 381 g/mol. The van der Waals surface area contributed by atoms with E-state index in [1.165, 1.54) is 5.56 Å². The van der Waals surface area contributed by atoms with Crippen LogP contribution in [-0.4, -0.2) is 10.7 Å². The zero-order valence-electron chi connectivity index (χ0n) is 8.68. The molecule has 1 aromatic carbocycles. The molecule has 1 amide bonds. The van der Waals surface area contributed by atoms with E-state index in [0.717, 1.165) is 15.7 Å². The Hall–Kier alpha value is -0.100. The van der Waals surface area contributed by atoms with E-state index in [1.54, 1.807) is 0 Å². The van der Waals surface area contributed by atoms with Crippen LogP contribution in [0.2, 0.25) is 0 Å². The van der Waals surface area contributed by atoms with E-state index in [2.05, 4.69) is 43.8 Å². The van der Waals surface area contributed by atoms with Crippen molar-refractivity contribution < 1.29 is 4.79 Å². The van der Waals surface area contributed by atoms with Crippen LogP contribution in [0.3, 0.4) is 0 Å². The number of carbonyl (C=O) groups excluding carboxylic acids is 1. The molecule has 0 aliphatic rings. The molecule has 1 aromatic rings. The topological polar surface area (TPSA) is 29.1 Å². The van der Waals surface area contributed by atoms with Gasteiger partial charge in [-0.3, -0.25) is 4.79 Å². The molecule has 0 saturated carbocycles. The second-order valence-corrected chi connectivity index (χ2v) is 5.60. The molecule has 0 spiro atoms. The molecular weight excluding hydrogens is 369 g/mol. The molecule has 1 atom stereocenters. The fourth-order valence-corrected chi connectivity index (χ4v) is 1.71. The molecule has 0 saturated heterocycles. The SMILES string of the molecule is CCC(Br)C(=O)Nc1ccc(C)c(I)c1. The Morgan fingerprint density at radius 2 is 2.27 bits per heavy atom. The lowest BCUT2D eigenvalue weighted by Gasteiger charge is -2.09. The van der Waals surface area contributed by atoms with Gasteiger partial charge in [-0.15, -0.1) is 0 Å². The first kappa shape index (κ1) is 13.0. The molecule has 0 bridgehead atoms. The van der Waals surface area contributed by atoms with Gasteiger partial charge in [0.1, 0.15) is 0 Å². The molecule has 0 aliphatic heterocycles. The number of halogens is 2. The molecule has 0 aromatic heterocycles. The van der Waals surface area contributed by atoms with E-state index in [9.17, 15) is 4.79 Å². The first-order valence-electron chi connectivity index (χ1n) is 4.75. The van der Waals surface area contributed by atoms with Crippen molar-refractivity contribution >= 4 is 50.1 Å². The fraction of sp³-hybridized carbons (Fsp3) is 0.364. The molecule has 0 fully saturated rings. The summed E-state index contributed by atoms with van der Waals surface area (Å²) in [5, 5.41) is 2.87. The lowest BCUT2D eigenvalue weighted by molar-refractivity contribution is -0.115. The zero-order valence-corrected chi connectivity index (χ0v) is 12.4. The molecule has 1 rings (SSSR count). The van der Waals surface area contributed by atoms with Crippen molar-refractivity contribution in [2.75, 3.05) is 5.32 Å². The molecular formula is C11H13BrINO. The van der Waals surface area contributed by atoms with Crippen molar-refractivity contribution in [3.63, 3.8) is 0 Å². The highest BCUT2D eigenvalue weighted by Crippen LogP contribution is 2.18. The van der Waals surface area contributed by atoms with Crippen LogP contribution in [0.4, 0.5) is 5.69 Å². The van der Waals surface area contributed by atoms with E-state index < -0.39 is 0 Å². The maximum Gasteiger partial charge on any atom is 0.238 e. The Morgan fingerprint density at radius 3 is 2.80 bits per heavy atom. The van der Waals surface area contributed by atoms with Crippen molar-refractivity contribution in [1.82, 2.24) is 0 Å². The van der Waals surface area contributed by atoms with Gasteiger partial charge in [0.25, 0.3) is 0 Å². The van der Waals surface area contributed by atoms with E-state index >= 15 is 0 Å². The predicted molar refractivity (Wildman–Crippen MR) is 75.5 cm³/mol. The summed E-state index contributed by atoms with van der Waals surface area (Å²) in [6, 6.07) is 5.90. The van der Waals surface area contributed by atoms with Crippen LogP contribution in [0.15, 0.2) is 18.2 Å². The summed E-state index contributed by atoms with van der Waals surface area (Å²) in [5.41, 5.74) is 2.08. The van der Waals surface area contributed by atoms with Gasteiger partial charge < -0.3 is 5.32 Å². The van der Waals surface area contributed by atoms with Crippen LogP contribution in [-0.2, 0) is 4.79 Å². The number of anilines is 1. The summed E-state index contributed by atoms with van der Waals surface area (Å²) in [6.07, 6.45) is 0.786. The summed E-state index contributed by atoms with van der Waals surface area (Å²) in [7, 11) is 0. The fourth-order valence-electron chi connectivity index (χ4n) is 1.08. The van der Waals surface area contributed by atoms with Gasteiger partial charge in [0.15, 0.2) is 0 Å². The normalized spacial score (nSPS) is 12.3. The summed E-state index contributed by atoms with van der Waals surface area (Å²) in [6.45, 7) is 4.02. The standard InChI is InChI=1S/C11H13BrINO/c1-3-9(12)11(15)14-8-5-4-7(2)10(13)6-8/h4-6,9H,3H2,1-2H3,(H,14,15). The Balaban J connectivity index is 2.73. The lowest BCUT2D eigenvalue weighted by atomic mass is 10.2. The second kappa shape index (κ2) is 5.84. The van der Waals surface area contributed by atoms with E-state index in [1.807, 2.05) is 32.0 Å². The molecule has 0 heterocycles. The number of benzene rings is 1. The number of carbonyl (C=O) groups is 1. The summed E-state index contributed by atoms with van der Waals surface area (Å²) in [5.74, 6) is 0.0113. The third-order valence-electron chi connectivity index (χ3n) is 2.08. The van der Waals surface area contributed by atoms with Gasteiger partial charge in [-0.25, -0.2) is 0 Å². The molecule has 4 heteroatoms. The van der Waals surface area contributed by atoms with E-state index in [-0.39, 0.29) is 10.7 Å². The molecule has 2 nitrogen and oxygen atoms in total. The van der Waals surface area contributed by atoms with Crippen LogP contribution in [0, 0.1) is 10.5 Å². The van der Waals surface area contributed by atoms with Gasteiger partial charge in [-0.2, -0.15) is 0 Å². The number of amides is 1. The van der Waals surface area contributed by atoms with Crippen LogP contribution in [0.1, 0.15) is 18.9 Å². The van der Waals surface area contributed by atoms with Crippen LogP contribution in [0.25, 0.3) is 0 Å². The predicted octanol–water partition coefficient (Wildman–Crippen LogP) is 3.71. The van der Waals surface area contributed by atoms with Gasteiger partial charge in [0, 0.05) is 9.26 Å². The number of alkyl halides is 1. The molecule has 82 valence electrons. The number of hydrogen-bond acceptors (Lipinski definition) is 1. The molecule has 0 aliphatic carbocycles. The number of rotatable bonds is 3. The van der Waals surface area contributed by atoms with Crippen LogP contribution < -0.4 is 5.32 Å². The highest BCUT2D eigenvalue weighted by atomic mass is 127. The van der Waals surface area contributed by atoms with Gasteiger partial charge in [-0.05, 0) is 53.6 Å². The van der Waals surface area contributed by atoms with Gasteiger partial charge >= 0.3 is 0 Å². The van der Waals surface area contributed by atoms with Gasteiger partial charge in [0.05, 0.1) is 4.83 Å². The van der Waals surface area contributed by atoms with E-state index in [4.69, 9.17) is 0 Å². The number of nitrogens with one attached hydrogen (secondary N) is 1. The quantitative estimate of drug-likeness (QED) is 0.627. The Morgan fingerprint density at radius 1 is 1.60 bits per heavy atom. The summed E-state index contributed by atoms with van der Waals surface area (Å²) >= 11 is 5.58. The summed E-state index contributed by atoms with van der Waals surface area (Å²) < 4.78 is 1.16. The van der Waals surface area contributed by atoms with Crippen molar-refractivity contribution in [3.05, 3.63) is 27.3 Å². The maximum absolute atomic E-state index is 11.6. The van der Waals surface area contributed by atoms with Crippen LogP contribution >= 0.6 is 38.5 Å². The highest BCUT2D eigenvalue weighted by Gasteiger charge is 2.12. The molecule has 1 N–H and O–H groups in total. The number of hydrogen-bond donors (Lipinski definition) is 1. The summed E-state index contributed by atoms with van der Waals surface area (Å²) in [4.78, 5) is 11.5. The van der Waals surface area contributed by atoms with Crippen molar-refractivity contribution in [1.29, 1.82) is 0 Å². The highest BCUT2D eigenvalue weighted by molar-refractivity contribution is 14.1. The largest absolute Gasteiger partial charge is 0.325 e. The zero-order chi connectivity index (χ0) is 11.4. The lowest BCUT2D eigenvalue weighted by Crippen LogP contribution is -2.21.